The van der Waals surface area contributed by atoms with Crippen molar-refractivity contribution in [3.8, 4) is 5.75 Å². The first-order chi connectivity index (χ1) is 15.2. The summed E-state index contributed by atoms with van der Waals surface area (Å²) in [5, 5.41) is 10.0. The van der Waals surface area contributed by atoms with Crippen LogP contribution in [0, 0.1) is 17.1 Å². The van der Waals surface area contributed by atoms with Gasteiger partial charge in [-0.15, -0.1) is 0 Å². The van der Waals surface area contributed by atoms with Gasteiger partial charge in [-0.25, -0.2) is 18.2 Å². The van der Waals surface area contributed by atoms with Crippen LogP contribution in [0.1, 0.15) is 42.5 Å². The van der Waals surface area contributed by atoms with Gasteiger partial charge in [-0.1, -0.05) is 6.92 Å². The van der Waals surface area contributed by atoms with Crippen LogP contribution in [0.15, 0.2) is 35.5 Å². The second-order valence-electron chi connectivity index (χ2n) is 8.09. The van der Waals surface area contributed by atoms with Crippen molar-refractivity contribution < 1.29 is 22.6 Å². The van der Waals surface area contributed by atoms with Crippen LogP contribution in [0.25, 0.3) is 0 Å². The van der Waals surface area contributed by atoms with E-state index in [4.69, 9.17) is 15.9 Å². The van der Waals surface area contributed by atoms with Crippen LogP contribution in [0.5, 0.6) is 5.75 Å². The molecule has 170 valence electrons. The van der Waals surface area contributed by atoms with E-state index >= 15 is 0 Å². The predicted octanol–water partition coefficient (Wildman–Crippen LogP) is 4.03. The van der Waals surface area contributed by atoms with E-state index in [1.165, 1.54) is 31.9 Å². The molecule has 1 fully saturated rings. The summed E-state index contributed by atoms with van der Waals surface area (Å²) in [4.78, 5) is 8.77. The molecule has 2 aromatic rings. The van der Waals surface area contributed by atoms with E-state index in [1.54, 1.807) is 18.3 Å². The van der Waals surface area contributed by atoms with Crippen molar-refractivity contribution in [3.63, 3.8) is 0 Å². The topological polar surface area (TPSA) is 106 Å². The average molecular weight is 447 g/mol. The Morgan fingerprint density at radius 3 is 2.78 bits per heavy atom. The molecule has 0 radical (unpaired) electrons. The van der Waals surface area contributed by atoms with Crippen molar-refractivity contribution >= 4 is 17.5 Å². The molecular formula is C22H24F3N5O2. The van der Waals surface area contributed by atoms with E-state index in [0.29, 0.717) is 41.1 Å². The summed E-state index contributed by atoms with van der Waals surface area (Å²) in [5.74, 6) is -3.92. The van der Waals surface area contributed by atoms with Gasteiger partial charge in [0.1, 0.15) is 17.3 Å². The Bertz CT molecular complexity index is 1040. The molecular weight excluding hydrogens is 423 g/mol. The first-order valence-corrected chi connectivity index (χ1v) is 10.3. The number of hydrogen-bond donors (Lipinski definition) is 3. The van der Waals surface area contributed by atoms with Crippen LogP contribution < -0.4 is 15.8 Å². The maximum Gasteiger partial charge on any atom is 0.288 e. The number of nitrogens with one attached hydrogen (secondary N) is 2. The quantitative estimate of drug-likeness (QED) is 0.419. The number of anilines is 1. The lowest BCUT2D eigenvalue weighted by Crippen LogP contribution is -2.33. The van der Waals surface area contributed by atoms with E-state index in [0.717, 1.165) is 0 Å². The lowest BCUT2D eigenvalue weighted by atomic mass is 9.92. The van der Waals surface area contributed by atoms with Gasteiger partial charge in [-0.05, 0) is 48.6 Å². The highest BCUT2D eigenvalue weighted by atomic mass is 19.3. The molecule has 0 amide bonds. The number of aliphatic imine (C=N–C) groups is 1. The third-order valence-electron chi connectivity index (χ3n) is 5.56. The molecule has 1 saturated carbocycles. The van der Waals surface area contributed by atoms with Crippen molar-refractivity contribution in [1.82, 2.24) is 4.98 Å². The van der Waals surface area contributed by atoms with Crippen molar-refractivity contribution in [3.05, 3.63) is 53.1 Å². The first-order valence-electron chi connectivity index (χ1n) is 10.3. The summed E-state index contributed by atoms with van der Waals surface area (Å²) in [6, 6.07) is 5.32. The van der Waals surface area contributed by atoms with Gasteiger partial charge >= 0.3 is 0 Å². The lowest BCUT2D eigenvalue weighted by molar-refractivity contribution is -0.0649. The monoisotopic (exact) mass is 447 g/mol. The Balaban J connectivity index is 1.49. The molecule has 1 aliphatic carbocycles. The Morgan fingerprint density at radius 2 is 2.12 bits per heavy atom. The molecule has 4 N–H and O–H groups in total. The summed E-state index contributed by atoms with van der Waals surface area (Å²) in [7, 11) is 0. The second-order valence-corrected chi connectivity index (χ2v) is 8.09. The van der Waals surface area contributed by atoms with Gasteiger partial charge in [-0.3, -0.25) is 10.4 Å². The third kappa shape index (κ3) is 4.95. The molecule has 1 aromatic carbocycles. The first kappa shape index (κ1) is 21.9. The molecule has 32 heavy (non-hydrogen) atoms. The number of aromatic nitrogens is 1. The molecule has 1 aliphatic heterocycles. The van der Waals surface area contributed by atoms with Crippen LogP contribution >= 0.6 is 0 Å². The van der Waals surface area contributed by atoms with E-state index < -0.39 is 30.3 Å². The third-order valence-corrected chi connectivity index (χ3v) is 5.56. The number of pyridine rings is 1. The molecule has 0 bridgehead atoms. The zero-order valence-corrected chi connectivity index (χ0v) is 17.5. The molecule has 2 heterocycles. The molecule has 1 aromatic heterocycles. The number of ether oxygens (including phenoxy) is 2. The highest BCUT2D eigenvalue weighted by molar-refractivity contribution is 6.08. The number of hydrogen-bond acceptors (Lipinski definition) is 6. The number of benzene rings is 1. The number of rotatable bonds is 8. The van der Waals surface area contributed by atoms with Crippen molar-refractivity contribution in [2.45, 2.75) is 38.2 Å². The normalized spacial score (nSPS) is 16.4. The lowest BCUT2D eigenvalue weighted by Gasteiger charge is -2.26. The molecule has 0 spiro atoms. The molecule has 7 nitrogen and oxygen atoms in total. The SMILES string of the molecule is C[C@@H](c1cc2c(cc1F)CN=C(c1ccc(OCC3CC3)cn1)N2)C(F)(F)COC(=N)N. The number of amidine groups is 2. The fraction of sp³-hybridized carbons (Fsp3) is 0.409. The highest BCUT2D eigenvalue weighted by Gasteiger charge is 2.40. The molecule has 2 aliphatic rings. The van der Waals surface area contributed by atoms with Gasteiger partial charge in [0.05, 0.1) is 25.3 Å². The van der Waals surface area contributed by atoms with Gasteiger partial charge in [0, 0.05) is 11.3 Å². The Labute approximate surface area is 183 Å². The summed E-state index contributed by atoms with van der Waals surface area (Å²) in [5.41, 5.74) is 6.41. The maximum atomic E-state index is 14.6. The minimum absolute atomic E-state index is 0.175. The minimum Gasteiger partial charge on any atom is -0.492 e. The van der Waals surface area contributed by atoms with Gasteiger partial charge in [0.2, 0.25) is 0 Å². The number of nitrogens with two attached hydrogens (primary N) is 1. The standard InChI is InChI=1S/C22H24F3N5O2/c1-12(22(24,25)11-32-21(26)27)16-7-19-14(6-17(16)23)8-29-20(30-19)18-5-4-15(9-28-18)31-10-13-2-3-13/h4-7,9,12-13H,2-3,8,10-11H2,1H3,(H3,26,27)(H,29,30)/t12-/m0/s1. The summed E-state index contributed by atoms with van der Waals surface area (Å²) < 4.78 is 53.7. The predicted molar refractivity (Wildman–Crippen MR) is 114 cm³/mol. The molecule has 1 atom stereocenters. The van der Waals surface area contributed by atoms with Crippen molar-refractivity contribution in [2.75, 3.05) is 18.5 Å². The minimum atomic E-state index is -3.43. The fourth-order valence-corrected chi connectivity index (χ4v) is 3.32. The van der Waals surface area contributed by atoms with Gasteiger partial charge in [0.25, 0.3) is 11.9 Å². The fourth-order valence-electron chi connectivity index (χ4n) is 3.32. The molecule has 0 unspecified atom stereocenters. The Hall–Kier alpha value is -3.30. The van der Waals surface area contributed by atoms with Crippen molar-refractivity contribution in [1.29, 1.82) is 5.41 Å². The van der Waals surface area contributed by atoms with Crippen LogP contribution in [0.4, 0.5) is 18.9 Å². The summed E-state index contributed by atoms with van der Waals surface area (Å²) in [6.45, 7) is 0.963. The number of nitrogens with zero attached hydrogens (tertiary/aromatic N) is 2. The number of halogens is 3. The largest absolute Gasteiger partial charge is 0.492 e. The van der Waals surface area contributed by atoms with Crippen molar-refractivity contribution in [2.24, 2.45) is 16.6 Å². The molecule has 0 saturated heterocycles. The van der Waals surface area contributed by atoms with Crippen LogP contribution in [0.2, 0.25) is 0 Å². The van der Waals surface area contributed by atoms with E-state index in [-0.39, 0.29) is 12.1 Å². The smallest absolute Gasteiger partial charge is 0.288 e. The number of alkyl halides is 2. The average Bonchev–Trinajstić information content (AvgIpc) is 3.60. The molecule has 4 rings (SSSR count). The van der Waals surface area contributed by atoms with Crippen LogP contribution in [0.3, 0.4) is 0 Å². The van der Waals surface area contributed by atoms with Gasteiger partial charge < -0.3 is 20.5 Å². The van der Waals surface area contributed by atoms with Crippen LogP contribution in [-0.2, 0) is 11.3 Å². The summed E-state index contributed by atoms with van der Waals surface area (Å²) in [6.07, 6.45) is 4.01. The van der Waals surface area contributed by atoms with E-state index in [9.17, 15) is 13.2 Å². The summed E-state index contributed by atoms with van der Waals surface area (Å²) >= 11 is 0. The molecule has 10 heteroatoms. The highest BCUT2D eigenvalue weighted by Crippen LogP contribution is 2.38. The number of fused-ring (bicyclic) bond motifs is 1. The Kier molecular flexibility index (Phi) is 5.94. The van der Waals surface area contributed by atoms with Gasteiger partial charge in [-0.2, -0.15) is 0 Å². The van der Waals surface area contributed by atoms with E-state index in [2.05, 4.69) is 20.0 Å². The van der Waals surface area contributed by atoms with E-state index in [1.807, 2.05) is 0 Å². The zero-order valence-electron chi connectivity index (χ0n) is 17.5. The Morgan fingerprint density at radius 1 is 1.34 bits per heavy atom. The second kappa shape index (κ2) is 8.68. The van der Waals surface area contributed by atoms with Crippen LogP contribution in [-0.4, -0.2) is 36.0 Å². The zero-order chi connectivity index (χ0) is 22.9. The van der Waals surface area contributed by atoms with Gasteiger partial charge in [0.15, 0.2) is 12.4 Å². The maximum absolute atomic E-state index is 14.6.